The summed E-state index contributed by atoms with van der Waals surface area (Å²) in [5, 5.41) is 3.64. The summed E-state index contributed by atoms with van der Waals surface area (Å²) in [6, 6.07) is 8.80. The number of fused-ring (bicyclic) bond motifs is 1. The summed E-state index contributed by atoms with van der Waals surface area (Å²) >= 11 is 12.0. The summed E-state index contributed by atoms with van der Waals surface area (Å²) in [5.74, 6) is 0.740. The molecular formula is C17H12Cl2N2O4. The summed E-state index contributed by atoms with van der Waals surface area (Å²) in [6.45, 7) is 0.122. The van der Waals surface area contributed by atoms with Crippen LogP contribution in [0.2, 0.25) is 10.0 Å². The first kappa shape index (κ1) is 16.1. The molecule has 2 aliphatic rings. The SMILES string of the molecule is O=C1N[C@@H](Cc2cc(Cl)cc(Cl)c2)C(=O)N1c1ccc2c(c1)OCO2. The molecule has 1 saturated heterocycles. The average Bonchev–Trinajstić information content (AvgIpc) is 3.10. The number of nitrogens with zero attached hydrogens (tertiary/aromatic N) is 1. The van der Waals surface area contributed by atoms with Gasteiger partial charge in [-0.3, -0.25) is 4.79 Å². The van der Waals surface area contributed by atoms with Crippen LogP contribution in [-0.2, 0) is 11.2 Å². The number of amides is 3. The smallest absolute Gasteiger partial charge is 0.329 e. The normalized spacial score (nSPS) is 18.6. The van der Waals surface area contributed by atoms with Crippen LogP contribution in [0.5, 0.6) is 11.5 Å². The third-order valence-corrected chi connectivity index (χ3v) is 4.43. The molecule has 4 rings (SSSR count). The number of hydrogen-bond acceptors (Lipinski definition) is 4. The molecule has 8 heteroatoms. The van der Waals surface area contributed by atoms with Crippen LogP contribution >= 0.6 is 23.2 Å². The lowest BCUT2D eigenvalue weighted by Gasteiger charge is -2.13. The Morgan fingerprint density at radius 2 is 1.76 bits per heavy atom. The molecule has 1 N–H and O–H groups in total. The van der Waals surface area contributed by atoms with Gasteiger partial charge in [0.1, 0.15) is 6.04 Å². The van der Waals surface area contributed by atoms with Gasteiger partial charge in [-0.25, -0.2) is 9.69 Å². The van der Waals surface area contributed by atoms with Crippen LogP contribution in [-0.4, -0.2) is 24.8 Å². The molecule has 1 atom stereocenters. The minimum atomic E-state index is -0.688. The van der Waals surface area contributed by atoms with Crippen LogP contribution in [0.15, 0.2) is 36.4 Å². The number of halogens is 2. The van der Waals surface area contributed by atoms with E-state index in [1.54, 1.807) is 36.4 Å². The van der Waals surface area contributed by atoms with Gasteiger partial charge in [-0.15, -0.1) is 0 Å². The fraction of sp³-hybridized carbons (Fsp3) is 0.176. The second-order valence-electron chi connectivity index (χ2n) is 5.70. The van der Waals surface area contributed by atoms with Crippen LogP contribution in [0.1, 0.15) is 5.56 Å². The van der Waals surface area contributed by atoms with Crippen molar-refractivity contribution in [2.75, 3.05) is 11.7 Å². The van der Waals surface area contributed by atoms with Gasteiger partial charge in [0, 0.05) is 22.5 Å². The first-order valence-corrected chi connectivity index (χ1v) is 8.26. The van der Waals surface area contributed by atoms with Crippen molar-refractivity contribution in [3.8, 4) is 11.5 Å². The Balaban J connectivity index is 1.58. The number of benzene rings is 2. The highest BCUT2D eigenvalue weighted by Gasteiger charge is 2.39. The number of ether oxygens (including phenoxy) is 2. The fourth-order valence-electron chi connectivity index (χ4n) is 2.90. The summed E-state index contributed by atoms with van der Waals surface area (Å²) in [6.07, 6.45) is 0.298. The van der Waals surface area contributed by atoms with Crippen molar-refractivity contribution in [3.63, 3.8) is 0 Å². The molecular weight excluding hydrogens is 367 g/mol. The van der Waals surface area contributed by atoms with Crippen LogP contribution in [0.4, 0.5) is 10.5 Å². The number of rotatable bonds is 3. The Labute approximate surface area is 153 Å². The van der Waals surface area contributed by atoms with E-state index in [2.05, 4.69) is 5.32 Å². The van der Waals surface area contributed by atoms with Gasteiger partial charge in [0.15, 0.2) is 11.5 Å². The number of anilines is 1. The lowest BCUT2D eigenvalue weighted by molar-refractivity contribution is -0.118. The monoisotopic (exact) mass is 378 g/mol. The van der Waals surface area contributed by atoms with E-state index in [4.69, 9.17) is 32.7 Å². The molecule has 3 amide bonds. The molecule has 0 spiro atoms. The van der Waals surface area contributed by atoms with Gasteiger partial charge >= 0.3 is 6.03 Å². The maximum atomic E-state index is 12.7. The number of urea groups is 1. The van der Waals surface area contributed by atoms with E-state index in [0.717, 1.165) is 10.5 Å². The van der Waals surface area contributed by atoms with Crippen molar-refractivity contribution in [2.45, 2.75) is 12.5 Å². The van der Waals surface area contributed by atoms with Gasteiger partial charge in [0.05, 0.1) is 5.69 Å². The van der Waals surface area contributed by atoms with Crippen molar-refractivity contribution in [1.29, 1.82) is 0 Å². The Bertz CT molecular complexity index is 867. The van der Waals surface area contributed by atoms with E-state index in [-0.39, 0.29) is 12.7 Å². The lowest BCUT2D eigenvalue weighted by atomic mass is 10.1. The molecule has 0 aliphatic carbocycles. The molecule has 2 aromatic rings. The first-order chi connectivity index (χ1) is 12.0. The molecule has 0 bridgehead atoms. The molecule has 2 aliphatic heterocycles. The second kappa shape index (κ2) is 6.13. The maximum Gasteiger partial charge on any atom is 0.329 e. The van der Waals surface area contributed by atoms with Crippen molar-refractivity contribution in [2.24, 2.45) is 0 Å². The number of hydrogen-bond donors (Lipinski definition) is 1. The standard InChI is InChI=1S/C17H12Cl2N2O4/c18-10-3-9(4-11(19)6-10)5-13-16(22)21(17(23)20-13)12-1-2-14-15(7-12)25-8-24-14/h1-4,6-7,13H,5,8H2,(H,20,23)/t13-/m0/s1. The largest absolute Gasteiger partial charge is 0.454 e. The van der Waals surface area contributed by atoms with Crippen LogP contribution in [0.25, 0.3) is 0 Å². The second-order valence-corrected chi connectivity index (χ2v) is 6.57. The molecule has 0 unspecified atom stereocenters. The lowest BCUT2D eigenvalue weighted by Crippen LogP contribution is -2.32. The van der Waals surface area contributed by atoms with E-state index in [1.807, 2.05) is 0 Å². The predicted molar refractivity (Wildman–Crippen MR) is 92.5 cm³/mol. The third-order valence-electron chi connectivity index (χ3n) is 4.00. The van der Waals surface area contributed by atoms with Crippen LogP contribution in [0.3, 0.4) is 0 Å². The number of imide groups is 1. The van der Waals surface area contributed by atoms with Gasteiger partial charge in [-0.2, -0.15) is 0 Å². The van der Waals surface area contributed by atoms with Crippen molar-refractivity contribution in [1.82, 2.24) is 5.32 Å². The van der Waals surface area contributed by atoms with Crippen molar-refractivity contribution in [3.05, 3.63) is 52.0 Å². The zero-order valence-corrected chi connectivity index (χ0v) is 14.3. The van der Waals surface area contributed by atoms with Crippen molar-refractivity contribution >= 4 is 40.8 Å². The Morgan fingerprint density at radius 3 is 2.52 bits per heavy atom. The van der Waals surface area contributed by atoms with Gasteiger partial charge < -0.3 is 14.8 Å². The highest BCUT2D eigenvalue weighted by Crippen LogP contribution is 2.36. The van der Waals surface area contributed by atoms with E-state index < -0.39 is 12.1 Å². The van der Waals surface area contributed by atoms with Crippen LogP contribution < -0.4 is 19.7 Å². The quantitative estimate of drug-likeness (QED) is 0.831. The molecule has 0 aromatic heterocycles. The zero-order valence-electron chi connectivity index (χ0n) is 12.8. The predicted octanol–water partition coefficient (Wildman–Crippen LogP) is 3.39. The Morgan fingerprint density at radius 1 is 1.04 bits per heavy atom. The Hall–Kier alpha value is -2.44. The van der Waals surface area contributed by atoms with Crippen molar-refractivity contribution < 1.29 is 19.1 Å². The minimum absolute atomic E-state index is 0.122. The number of nitrogens with one attached hydrogen (secondary N) is 1. The first-order valence-electron chi connectivity index (χ1n) is 7.50. The molecule has 6 nitrogen and oxygen atoms in total. The Kier molecular flexibility index (Phi) is 3.94. The molecule has 0 radical (unpaired) electrons. The average molecular weight is 379 g/mol. The molecule has 2 heterocycles. The highest BCUT2D eigenvalue weighted by molar-refractivity contribution is 6.34. The molecule has 2 aromatic carbocycles. The maximum absolute atomic E-state index is 12.7. The summed E-state index contributed by atoms with van der Waals surface area (Å²) < 4.78 is 10.5. The minimum Gasteiger partial charge on any atom is -0.454 e. The highest BCUT2D eigenvalue weighted by atomic mass is 35.5. The van der Waals surface area contributed by atoms with Gasteiger partial charge in [0.2, 0.25) is 6.79 Å². The fourth-order valence-corrected chi connectivity index (χ4v) is 3.47. The van der Waals surface area contributed by atoms with Gasteiger partial charge in [-0.05, 0) is 35.9 Å². The van der Waals surface area contributed by atoms with E-state index >= 15 is 0 Å². The summed E-state index contributed by atoms with van der Waals surface area (Å²) in [5.41, 5.74) is 1.20. The molecule has 0 saturated carbocycles. The van der Waals surface area contributed by atoms with E-state index in [9.17, 15) is 9.59 Å². The topological polar surface area (TPSA) is 67.9 Å². The van der Waals surface area contributed by atoms with Gasteiger partial charge in [0.25, 0.3) is 5.91 Å². The van der Waals surface area contributed by atoms with E-state index in [0.29, 0.717) is 33.7 Å². The summed E-state index contributed by atoms with van der Waals surface area (Å²) in [4.78, 5) is 26.1. The van der Waals surface area contributed by atoms with Crippen LogP contribution in [0, 0.1) is 0 Å². The molecule has 1 fully saturated rings. The summed E-state index contributed by atoms with van der Waals surface area (Å²) in [7, 11) is 0. The van der Waals surface area contributed by atoms with E-state index in [1.165, 1.54) is 0 Å². The number of carbonyl (C=O) groups is 2. The molecule has 128 valence electrons. The third kappa shape index (κ3) is 2.99. The van der Waals surface area contributed by atoms with Gasteiger partial charge in [-0.1, -0.05) is 23.2 Å². The zero-order chi connectivity index (χ0) is 17.6. The number of carbonyl (C=O) groups excluding carboxylic acids is 2. The molecule has 25 heavy (non-hydrogen) atoms.